The van der Waals surface area contributed by atoms with E-state index in [0.717, 1.165) is 12.1 Å². The van der Waals surface area contributed by atoms with Crippen molar-refractivity contribution in [2.75, 3.05) is 0 Å². The largest absolute Gasteiger partial charge is 0.507 e. The number of benzene rings is 1. The lowest BCUT2D eigenvalue weighted by molar-refractivity contribution is 0.0994. The molecule has 0 saturated carbocycles. The van der Waals surface area contributed by atoms with E-state index in [-0.39, 0.29) is 23.4 Å². The molecule has 7 nitrogen and oxygen atoms in total. The van der Waals surface area contributed by atoms with Crippen LogP contribution in [0.1, 0.15) is 26.2 Å². The van der Waals surface area contributed by atoms with Crippen molar-refractivity contribution >= 4 is 0 Å². The molecule has 8 heteroatoms. The van der Waals surface area contributed by atoms with Crippen molar-refractivity contribution < 1.29 is 14.2 Å². The summed E-state index contributed by atoms with van der Waals surface area (Å²) in [7, 11) is 0. The maximum absolute atomic E-state index is 14.1. The van der Waals surface area contributed by atoms with Gasteiger partial charge in [-0.3, -0.25) is 0 Å². The topological polar surface area (TPSA) is 85.1 Å². The quantitative estimate of drug-likeness (QED) is 0.706. The van der Waals surface area contributed by atoms with Gasteiger partial charge in [-0.05, 0) is 25.5 Å². The summed E-state index contributed by atoms with van der Waals surface area (Å²) in [6.45, 7) is 2.04. The van der Waals surface area contributed by atoms with Gasteiger partial charge in [-0.1, -0.05) is 0 Å². The smallest absolute Gasteiger partial charge is 0.232 e. The summed E-state index contributed by atoms with van der Waals surface area (Å²) in [5.74, 6) is 0.518. The van der Waals surface area contributed by atoms with Crippen LogP contribution in [0.15, 0.2) is 49.3 Å². The molecule has 3 aromatic rings. The summed E-state index contributed by atoms with van der Waals surface area (Å²) in [5.41, 5.74) is 1.72. The summed E-state index contributed by atoms with van der Waals surface area (Å²) >= 11 is 0. The van der Waals surface area contributed by atoms with Crippen molar-refractivity contribution in [1.29, 1.82) is 0 Å². The number of nitrogens with one attached hydrogen (secondary N) is 1. The first kappa shape index (κ1) is 18.1. The van der Waals surface area contributed by atoms with Crippen LogP contribution < -0.4 is 10.1 Å². The Bertz CT molecular complexity index is 1010. The molecule has 4 heterocycles. The molecule has 2 saturated heterocycles. The van der Waals surface area contributed by atoms with Gasteiger partial charge in [-0.15, -0.1) is 0 Å². The first-order valence-corrected chi connectivity index (χ1v) is 9.71. The van der Waals surface area contributed by atoms with E-state index in [1.165, 1.54) is 0 Å². The maximum Gasteiger partial charge on any atom is 0.232 e. The molecule has 0 aliphatic carbocycles. The fourth-order valence-corrected chi connectivity index (χ4v) is 4.47. The standard InChI is InChI=1S/C21H22FN5O2/c1-21-8-14(7-17(26-21)16(22)9-21)29-20-11-24-18(10-25-20)15-3-2-13(6-19(15)28)27-5-4-23-12-27/h2-6,10-12,14,16-17,26,28H,7-9H2,1H3/t14-,16+,17?,21-/m1/s1. The Kier molecular flexibility index (Phi) is 4.24. The third-order valence-electron chi connectivity index (χ3n) is 5.79. The second-order valence-electron chi connectivity index (χ2n) is 8.12. The van der Waals surface area contributed by atoms with Crippen molar-refractivity contribution in [2.45, 2.75) is 50.0 Å². The van der Waals surface area contributed by atoms with Gasteiger partial charge in [0.1, 0.15) is 18.0 Å². The molecule has 29 heavy (non-hydrogen) atoms. The minimum absolute atomic E-state index is 0.0879. The molecule has 2 bridgehead atoms. The number of imidazole rings is 1. The highest BCUT2D eigenvalue weighted by molar-refractivity contribution is 5.68. The predicted octanol–water partition coefficient (Wildman–Crippen LogP) is 3.03. The Hall–Kier alpha value is -3.00. The highest BCUT2D eigenvalue weighted by atomic mass is 19.1. The number of fused-ring (bicyclic) bond motifs is 2. The molecule has 2 aliphatic rings. The van der Waals surface area contributed by atoms with E-state index >= 15 is 0 Å². The van der Waals surface area contributed by atoms with Crippen LogP contribution >= 0.6 is 0 Å². The van der Waals surface area contributed by atoms with Gasteiger partial charge in [0.15, 0.2) is 0 Å². The molecule has 1 aromatic carbocycles. The van der Waals surface area contributed by atoms with Gasteiger partial charge in [0, 0.05) is 48.4 Å². The van der Waals surface area contributed by atoms with Crippen molar-refractivity contribution in [3.63, 3.8) is 0 Å². The van der Waals surface area contributed by atoms with Crippen molar-refractivity contribution in [1.82, 2.24) is 24.8 Å². The maximum atomic E-state index is 14.1. The Balaban J connectivity index is 1.31. The summed E-state index contributed by atoms with van der Waals surface area (Å²) < 4.78 is 21.9. The molecule has 1 unspecified atom stereocenters. The van der Waals surface area contributed by atoms with Crippen LogP contribution in [-0.2, 0) is 0 Å². The normalized spacial score (nSPS) is 28.4. The van der Waals surface area contributed by atoms with Gasteiger partial charge in [0.2, 0.25) is 5.88 Å². The highest BCUT2D eigenvalue weighted by Crippen LogP contribution is 2.38. The lowest BCUT2D eigenvalue weighted by Gasteiger charge is -2.35. The van der Waals surface area contributed by atoms with Crippen LogP contribution in [0.25, 0.3) is 16.9 Å². The Morgan fingerprint density at radius 2 is 2.17 bits per heavy atom. The van der Waals surface area contributed by atoms with Crippen molar-refractivity contribution in [2.24, 2.45) is 0 Å². The molecule has 2 fully saturated rings. The molecule has 4 atom stereocenters. The lowest BCUT2D eigenvalue weighted by atomic mass is 9.91. The van der Waals surface area contributed by atoms with E-state index in [9.17, 15) is 9.50 Å². The van der Waals surface area contributed by atoms with E-state index in [1.807, 2.05) is 13.0 Å². The molecule has 2 aliphatic heterocycles. The number of halogens is 1. The third-order valence-corrected chi connectivity index (χ3v) is 5.79. The number of hydrogen-bond donors (Lipinski definition) is 2. The number of rotatable bonds is 4. The van der Waals surface area contributed by atoms with Crippen LogP contribution in [-0.4, -0.2) is 48.5 Å². The summed E-state index contributed by atoms with van der Waals surface area (Å²) in [4.78, 5) is 12.8. The summed E-state index contributed by atoms with van der Waals surface area (Å²) in [5, 5.41) is 13.8. The minimum Gasteiger partial charge on any atom is -0.507 e. The zero-order valence-electron chi connectivity index (χ0n) is 16.0. The number of aromatic nitrogens is 4. The van der Waals surface area contributed by atoms with Crippen LogP contribution in [0.3, 0.4) is 0 Å². The first-order valence-electron chi connectivity index (χ1n) is 9.71. The molecular formula is C21H22FN5O2. The Labute approximate surface area is 167 Å². The molecule has 2 N–H and O–H groups in total. The summed E-state index contributed by atoms with van der Waals surface area (Å²) in [6.07, 6.45) is 9.26. The lowest BCUT2D eigenvalue weighted by Crippen LogP contribution is -2.51. The van der Waals surface area contributed by atoms with E-state index < -0.39 is 6.17 Å². The van der Waals surface area contributed by atoms with Crippen molar-refractivity contribution in [3.05, 3.63) is 49.3 Å². The predicted molar refractivity (Wildman–Crippen MR) is 105 cm³/mol. The first-order chi connectivity index (χ1) is 14.0. The van der Waals surface area contributed by atoms with Gasteiger partial charge in [-0.25, -0.2) is 19.3 Å². The van der Waals surface area contributed by atoms with E-state index in [4.69, 9.17) is 4.74 Å². The van der Waals surface area contributed by atoms with Crippen LogP contribution in [0.4, 0.5) is 4.39 Å². The molecule has 0 amide bonds. The van der Waals surface area contributed by atoms with E-state index in [2.05, 4.69) is 20.3 Å². The molecule has 0 radical (unpaired) electrons. The zero-order valence-corrected chi connectivity index (χ0v) is 16.0. The number of alkyl halides is 1. The number of phenolic OH excluding ortho intramolecular Hbond substituents is 1. The SMILES string of the molecule is C[C@]12C[C@H](Oc3cnc(-c4ccc(-n5ccnc5)cc4O)cn3)CC(N1)[C@@H](F)C2. The molecule has 0 spiro atoms. The number of aromatic hydroxyl groups is 1. The van der Waals surface area contributed by atoms with E-state index in [0.29, 0.717) is 30.0 Å². The minimum atomic E-state index is -0.824. The van der Waals surface area contributed by atoms with Gasteiger partial charge in [0.25, 0.3) is 0 Å². The van der Waals surface area contributed by atoms with Crippen LogP contribution in [0, 0.1) is 0 Å². The molecule has 150 valence electrons. The monoisotopic (exact) mass is 395 g/mol. The van der Waals surface area contributed by atoms with Crippen molar-refractivity contribution in [3.8, 4) is 28.6 Å². The fraction of sp³-hybridized carbons (Fsp3) is 0.381. The summed E-state index contributed by atoms with van der Waals surface area (Å²) in [6, 6.07) is 5.17. The third kappa shape index (κ3) is 3.44. The zero-order chi connectivity index (χ0) is 20.0. The number of nitrogens with zero attached hydrogens (tertiary/aromatic N) is 4. The molecule has 2 aromatic heterocycles. The number of phenols is 1. The second kappa shape index (κ2) is 6.81. The molecular weight excluding hydrogens is 373 g/mol. The average Bonchev–Trinajstić information content (AvgIpc) is 3.29. The number of hydrogen-bond acceptors (Lipinski definition) is 6. The number of ether oxygens (including phenoxy) is 1. The Morgan fingerprint density at radius 1 is 1.28 bits per heavy atom. The fourth-order valence-electron chi connectivity index (χ4n) is 4.47. The second-order valence-corrected chi connectivity index (χ2v) is 8.12. The van der Waals surface area contributed by atoms with Gasteiger partial charge in [0.05, 0.1) is 30.1 Å². The Morgan fingerprint density at radius 3 is 2.86 bits per heavy atom. The van der Waals surface area contributed by atoms with Crippen LogP contribution in [0.5, 0.6) is 11.6 Å². The average molecular weight is 395 g/mol. The van der Waals surface area contributed by atoms with Gasteiger partial charge < -0.3 is 19.7 Å². The van der Waals surface area contributed by atoms with Gasteiger partial charge in [-0.2, -0.15) is 0 Å². The van der Waals surface area contributed by atoms with Gasteiger partial charge >= 0.3 is 0 Å². The van der Waals surface area contributed by atoms with Crippen LogP contribution in [0.2, 0.25) is 0 Å². The number of piperidine rings is 1. The highest BCUT2D eigenvalue weighted by Gasteiger charge is 2.48. The van der Waals surface area contributed by atoms with E-state index in [1.54, 1.807) is 47.8 Å². The molecule has 5 rings (SSSR count).